The van der Waals surface area contributed by atoms with E-state index in [2.05, 4.69) is 100 Å². The average molecular weight is 314 g/mol. The zero-order valence-corrected chi connectivity index (χ0v) is 15.1. The lowest BCUT2D eigenvalue weighted by Gasteiger charge is -2.08. The Kier molecular flexibility index (Phi) is 6.14. The second-order valence-corrected chi connectivity index (χ2v) is 6.19. The smallest absolute Gasteiger partial charge is 0.0155 e. The van der Waals surface area contributed by atoms with Crippen LogP contribution >= 0.6 is 0 Å². The highest BCUT2D eigenvalue weighted by atomic mass is 14.1. The van der Waals surface area contributed by atoms with Crippen LogP contribution in [-0.4, -0.2) is 0 Å². The number of hydrogen-bond acceptors (Lipinski definition) is 0. The van der Waals surface area contributed by atoms with Gasteiger partial charge in [-0.2, -0.15) is 0 Å². The Balaban J connectivity index is 2.35. The van der Waals surface area contributed by atoms with Gasteiger partial charge >= 0.3 is 0 Å². The van der Waals surface area contributed by atoms with E-state index in [1.165, 1.54) is 27.8 Å². The largest absolute Gasteiger partial charge is 0.0912 e. The molecule has 0 atom stereocenters. The highest BCUT2D eigenvalue weighted by Gasteiger charge is 2.02. The van der Waals surface area contributed by atoms with Crippen molar-refractivity contribution >= 4 is 11.1 Å². The van der Waals surface area contributed by atoms with Gasteiger partial charge in [-0.05, 0) is 55.5 Å². The van der Waals surface area contributed by atoms with Crippen molar-refractivity contribution in [2.24, 2.45) is 0 Å². The Morgan fingerprint density at radius 1 is 0.750 bits per heavy atom. The van der Waals surface area contributed by atoms with E-state index < -0.39 is 0 Å². The van der Waals surface area contributed by atoms with Crippen LogP contribution in [0.25, 0.3) is 11.1 Å². The summed E-state index contributed by atoms with van der Waals surface area (Å²) in [5, 5.41) is 0. The maximum atomic E-state index is 4.21. The van der Waals surface area contributed by atoms with E-state index in [1.54, 1.807) is 0 Å². The summed E-state index contributed by atoms with van der Waals surface area (Å²) in [7, 11) is 0. The Morgan fingerprint density at radius 2 is 1.25 bits per heavy atom. The second-order valence-electron chi connectivity index (χ2n) is 6.19. The van der Waals surface area contributed by atoms with Gasteiger partial charge in [-0.25, -0.2) is 0 Å². The third-order valence-corrected chi connectivity index (χ3v) is 4.08. The van der Waals surface area contributed by atoms with E-state index in [0.29, 0.717) is 0 Å². The number of aryl methyl sites for hydroxylation is 2. The molecular formula is C24H26. The van der Waals surface area contributed by atoms with Crippen molar-refractivity contribution in [1.29, 1.82) is 0 Å². The van der Waals surface area contributed by atoms with E-state index in [9.17, 15) is 0 Å². The molecule has 0 N–H and O–H groups in total. The van der Waals surface area contributed by atoms with Crippen LogP contribution in [0.2, 0.25) is 0 Å². The third-order valence-electron chi connectivity index (χ3n) is 4.08. The van der Waals surface area contributed by atoms with E-state index >= 15 is 0 Å². The number of rotatable bonds is 5. The molecule has 0 saturated carbocycles. The summed E-state index contributed by atoms with van der Waals surface area (Å²) in [5.74, 6) is 0. The van der Waals surface area contributed by atoms with Gasteiger partial charge in [0.15, 0.2) is 0 Å². The summed E-state index contributed by atoms with van der Waals surface area (Å²) >= 11 is 0. The SMILES string of the molecule is C=C(\C=C/C(=C(C)/C=C\C)c1ccc(C)cc1)c1ccc(C)cc1. The summed E-state index contributed by atoms with van der Waals surface area (Å²) in [5.41, 5.74) is 8.41. The lowest BCUT2D eigenvalue weighted by Crippen LogP contribution is -1.87. The van der Waals surface area contributed by atoms with Crippen LogP contribution in [0, 0.1) is 13.8 Å². The molecule has 0 aliphatic rings. The Hall–Kier alpha value is -2.60. The molecular weight excluding hydrogens is 288 g/mol. The fourth-order valence-corrected chi connectivity index (χ4v) is 2.58. The van der Waals surface area contributed by atoms with Crippen LogP contribution in [0.15, 0.2) is 85.0 Å². The summed E-state index contributed by atoms with van der Waals surface area (Å²) in [4.78, 5) is 0. The van der Waals surface area contributed by atoms with Gasteiger partial charge < -0.3 is 0 Å². The standard InChI is InChI=1S/C24H26/c1-6-7-21(5)24(23-15-10-19(3)11-16-23)17-12-20(4)22-13-8-18(2)9-14-22/h6-17H,4H2,1-3,5H3/b7-6-,17-12-,24-21-. The number of hydrogen-bond donors (Lipinski definition) is 0. The fourth-order valence-electron chi connectivity index (χ4n) is 2.58. The number of benzene rings is 2. The van der Waals surface area contributed by atoms with E-state index in [4.69, 9.17) is 0 Å². The van der Waals surface area contributed by atoms with Crippen molar-refractivity contribution < 1.29 is 0 Å². The van der Waals surface area contributed by atoms with Crippen LogP contribution in [0.4, 0.5) is 0 Å². The molecule has 0 aromatic heterocycles. The van der Waals surface area contributed by atoms with Crippen LogP contribution in [0.1, 0.15) is 36.1 Å². The molecule has 0 fully saturated rings. The Labute approximate surface area is 146 Å². The Morgan fingerprint density at radius 3 is 1.75 bits per heavy atom. The quantitative estimate of drug-likeness (QED) is 0.525. The first-order valence-corrected chi connectivity index (χ1v) is 8.36. The lowest BCUT2D eigenvalue weighted by atomic mass is 9.97. The highest BCUT2D eigenvalue weighted by Crippen LogP contribution is 2.24. The molecule has 2 rings (SSSR count). The summed E-state index contributed by atoms with van der Waals surface area (Å²) < 4.78 is 0. The summed E-state index contributed by atoms with van der Waals surface area (Å²) in [6, 6.07) is 17.1. The van der Waals surface area contributed by atoms with Crippen molar-refractivity contribution in [3.8, 4) is 0 Å². The van der Waals surface area contributed by atoms with Crippen LogP contribution in [-0.2, 0) is 0 Å². The monoisotopic (exact) mass is 314 g/mol. The second kappa shape index (κ2) is 8.31. The molecule has 0 aliphatic heterocycles. The minimum atomic E-state index is 1.02. The first-order valence-electron chi connectivity index (χ1n) is 8.36. The maximum absolute atomic E-state index is 4.21. The molecule has 0 heteroatoms. The molecule has 0 saturated heterocycles. The molecule has 0 aliphatic carbocycles. The molecule has 0 unspecified atom stereocenters. The topological polar surface area (TPSA) is 0 Å². The first kappa shape index (κ1) is 17.7. The predicted octanol–water partition coefficient (Wildman–Crippen LogP) is 6.92. The molecule has 0 heterocycles. The molecule has 2 aromatic carbocycles. The van der Waals surface area contributed by atoms with Crippen molar-refractivity contribution in [1.82, 2.24) is 0 Å². The third kappa shape index (κ3) is 4.70. The number of allylic oxidation sites excluding steroid dienone is 7. The van der Waals surface area contributed by atoms with Gasteiger partial charge in [-0.3, -0.25) is 0 Å². The fraction of sp³-hybridized carbons (Fsp3) is 0.167. The molecule has 2 aromatic rings. The van der Waals surface area contributed by atoms with Gasteiger partial charge in [0, 0.05) is 0 Å². The van der Waals surface area contributed by atoms with E-state index in [-0.39, 0.29) is 0 Å². The lowest BCUT2D eigenvalue weighted by molar-refractivity contribution is 1.43. The first-order chi connectivity index (χ1) is 11.5. The van der Waals surface area contributed by atoms with Crippen LogP contribution in [0.5, 0.6) is 0 Å². The molecule has 24 heavy (non-hydrogen) atoms. The predicted molar refractivity (Wildman–Crippen MR) is 108 cm³/mol. The van der Waals surface area contributed by atoms with E-state index in [0.717, 1.165) is 11.1 Å². The molecule has 0 bridgehead atoms. The molecule has 0 radical (unpaired) electrons. The van der Waals surface area contributed by atoms with Crippen molar-refractivity contribution in [3.05, 3.63) is 107 Å². The van der Waals surface area contributed by atoms with Gasteiger partial charge in [0.1, 0.15) is 0 Å². The van der Waals surface area contributed by atoms with Gasteiger partial charge in [-0.15, -0.1) is 0 Å². The van der Waals surface area contributed by atoms with Crippen molar-refractivity contribution in [3.63, 3.8) is 0 Å². The zero-order chi connectivity index (χ0) is 17.5. The Bertz CT molecular complexity index is 779. The van der Waals surface area contributed by atoms with Gasteiger partial charge in [0.2, 0.25) is 0 Å². The maximum Gasteiger partial charge on any atom is -0.0155 e. The summed E-state index contributed by atoms with van der Waals surface area (Å²) in [6.45, 7) is 12.6. The van der Waals surface area contributed by atoms with Crippen molar-refractivity contribution in [2.75, 3.05) is 0 Å². The minimum absolute atomic E-state index is 1.02. The molecule has 0 spiro atoms. The molecule has 0 nitrogen and oxygen atoms in total. The molecule has 0 amide bonds. The van der Waals surface area contributed by atoms with Crippen LogP contribution in [0.3, 0.4) is 0 Å². The summed E-state index contributed by atoms with van der Waals surface area (Å²) in [6.07, 6.45) is 8.50. The minimum Gasteiger partial charge on any atom is -0.0912 e. The average Bonchev–Trinajstić information content (AvgIpc) is 2.57. The van der Waals surface area contributed by atoms with Crippen molar-refractivity contribution in [2.45, 2.75) is 27.7 Å². The molecule has 122 valence electrons. The van der Waals surface area contributed by atoms with Gasteiger partial charge in [0.25, 0.3) is 0 Å². The van der Waals surface area contributed by atoms with Gasteiger partial charge in [-0.1, -0.05) is 90.5 Å². The van der Waals surface area contributed by atoms with Gasteiger partial charge in [0.05, 0.1) is 0 Å². The zero-order valence-electron chi connectivity index (χ0n) is 15.1. The van der Waals surface area contributed by atoms with E-state index in [1.807, 2.05) is 6.92 Å². The van der Waals surface area contributed by atoms with Crippen LogP contribution < -0.4 is 0 Å². The highest BCUT2D eigenvalue weighted by molar-refractivity contribution is 5.82. The normalized spacial score (nSPS) is 12.7.